The molecule has 2 aromatic carbocycles. The van der Waals surface area contributed by atoms with E-state index in [2.05, 4.69) is 29.6 Å². The number of aliphatic carboxylic acids is 1. The number of hydrogen-bond acceptors (Lipinski definition) is 5. The Morgan fingerprint density at radius 2 is 1.73 bits per heavy atom. The van der Waals surface area contributed by atoms with Crippen LogP contribution >= 0.6 is 11.8 Å². The molecule has 2 unspecified atom stereocenters. The Morgan fingerprint density at radius 3 is 2.36 bits per heavy atom. The van der Waals surface area contributed by atoms with Crippen LogP contribution in [0.3, 0.4) is 0 Å². The Hall–Kier alpha value is -2.51. The largest absolute Gasteiger partial charge is 0.480 e. The number of amides is 1. The second kappa shape index (κ2) is 9.39. The van der Waals surface area contributed by atoms with E-state index in [1.54, 1.807) is 0 Å². The number of ether oxygens (including phenoxy) is 2. The first-order chi connectivity index (χ1) is 16.1. The van der Waals surface area contributed by atoms with E-state index >= 15 is 0 Å². The molecule has 5 rings (SSSR count). The van der Waals surface area contributed by atoms with E-state index in [-0.39, 0.29) is 24.0 Å². The fraction of sp³-hybridized carbons (Fsp3) is 0.462. The number of alkyl carbamates (subject to hydrolysis) is 1. The normalized spacial score (nSPS) is 22.2. The van der Waals surface area contributed by atoms with Gasteiger partial charge in [-0.3, -0.25) is 0 Å². The van der Waals surface area contributed by atoms with Crippen LogP contribution in [-0.2, 0) is 14.3 Å². The van der Waals surface area contributed by atoms with Crippen molar-refractivity contribution in [1.82, 2.24) is 5.32 Å². The van der Waals surface area contributed by atoms with E-state index in [0.29, 0.717) is 19.4 Å². The van der Waals surface area contributed by atoms with Crippen molar-refractivity contribution >= 4 is 23.8 Å². The first-order valence-electron chi connectivity index (χ1n) is 11.6. The molecule has 1 spiro atoms. The van der Waals surface area contributed by atoms with Gasteiger partial charge >= 0.3 is 12.1 Å². The summed E-state index contributed by atoms with van der Waals surface area (Å²) in [5.74, 6) is 0.822. The van der Waals surface area contributed by atoms with Crippen LogP contribution in [0.1, 0.15) is 42.7 Å². The van der Waals surface area contributed by atoms with Crippen LogP contribution in [-0.4, -0.2) is 53.5 Å². The van der Waals surface area contributed by atoms with Gasteiger partial charge in [-0.25, -0.2) is 9.59 Å². The summed E-state index contributed by atoms with van der Waals surface area (Å²) in [6.07, 6.45) is 2.48. The van der Waals surface area contributed by atoms with Gasteiger partial charge in [-0.1, -0.05) is 48.5 Å². The summed E-state index contributed by atoms with van der Waals surface area (Å²) >= 11 is 1.91. The smallest absolute Gasteiger partial charge is 0.407 e. The third kappa shape index (κ3) is 4.49. The second-order valence-corrected chi connectivity index (χ2v) is 10.4. The van der Waals surface area contributed by atoms with E-state index in [1.807, 2.05) is 36.0 Å². The van der Waals surface area contributed by atoms with Gasteiger partial charge in [-0.2, -0.15) is 11.8 Å². The highest BCUT2D eigenvalue weighted by Gasteiger charge is 2.43. The topological polar surface area (TPSA) is 84.9 Å². The highest BCUT2D eigenvalue weighted by molar-refractivity contribution is 7.99. The molecular weight excluding hydrogens is 438 g/mol. The third-order valence-corrected chi connectivity index (χ3v) is 8.28. The average Bonchev–Trinajstić information content (AvgIpc) is 3.15. The predicted octanol–water partition coefficient (Wildman–Crippen LogP) is 4.67. The van der Waals surface area contributed by atoms with Crippen LogP contribution in [0, 0.1) is 5.92 Å². The van der Waals surface area contributed by atoms with Crippen LogP contribution in [0.5, 0.6) is 0 Å². The SMILES string of the molecule is O=C(NC(C(=O)O)C1CCOC2(CCSCC2)C1)OCC1c2ccccc2-c2ccccc21. The number of carboxylic acid groups (broad SMARTS) is 1. The zero-order valence-electron chi connectivity index (χ0n) is 18.5. The van der Waals surface area contributed by atoms with Gasteiger partial charge in [0.05, 0.1) is 5.60 Å². The van der Waals surface area contributed by atoms with Crippen molar-refractivity contribution in [2.24, 2.45) is 5.92 Å². The number of nitrogens with one attached hydrogen (secondary N) is 1. The molecule has 0 bridgehead atoms. The van der Waals surface area contributed by atoms with E-state index in [4.69, 9.17) is 9.47 Å². The van der Waals surface area contributed by atoms with Gasteiger partial charge in [0.15, 0.2) is 0 Å². The molecule has 1 amide bonds. The summed E-state index contributed by atoms with van der Waals surface area (Å²) in [5.41, 5.74) is 4.32. The first kappa shape index (κ1) is 22.3. The molecule has 0 aromatic heterocycles. The van der Waals surface area contributed by atoms with Crippen LogP contribution in [0.15, 0.2) is 48.5 Å². The summed E-state index contributed by atoms with van der Waals surface area (Å²) in [6, 6.07) is 15.3. The van der Waals surface area contributed by atoms with Crippen molar-refractivity contribution in [3.63, 3.8) is 0 Å². The van der Waals surface area contributed by atoms with Crippen molar-refractivity contribution in [3.8, 4) is 11.1 Å². The molecule has 2 aliphatic heterocycles. The maximum absolute atomic E-state index is 12.7. The maximum Gasteiger partial charge on any atom is 0.407 e. The van der Waals surface area contributed by atoms with Crippen molar-refractivity contribution in [1.29, 1.82) is 0 Å². The van der Waals surface area contributed by atoms with Crippen LogP contribution in [0.25, 0.3) is 11.1 Å². The standard InChI is InChI=1S/C26H29NO5S/c28-24(29)23(17-9-12-32-26(15-17)10-13-33-14-11-26)27-25(30)31-16-22-20-7-3-1-5-18(20)19-6-2-4-8-21(19)22/h1-8,17,22-23H,9-16H2,(H,27,30)(H,28,29). The lowest BCUT2D eigenvalue weighted by atomic mass is 9.78. The van der Waals surface area contributed by atoms with Gasteiger partial charge in [0, 0.05) is 12.5 Å². The minimum atomic E-state index is -1.02. The maximum atomic E-state index is 12.7. The van der Waals surface area contributed by atoms with E-state index < -0.39 is 18.1 Å². The number of thioether (sulfide) groups is 1. The molecule has 2 aromatic rings. The van der Waals surface area contributed by atoms with Gasteiger partial charge in [0.2, 0.25) is 0 Å². The van der Waals surface area contributed by atoms with Crippen molar-refractivity contribution in [2.75, 3.05) is 24.7 Å². The van der Waals surface area contributed by atoms with Crippen molar-refractivity contribution < 1.29 is 24.2 Å². The molecule has 0 radical (unpaired) electrons. The number of carboxylic acids is 1. The summed E-state index contributed by atoms with van der Waals surface area (Å²) in [6.45, 7) is 0.701. The van der Waals surface area contributed by atoms with E-state index in [1.165, 1.54) is 0 Å². The molecule has 1 aliphatic carbocycles. The number of hydrogen-bond donors (Lipinski definition) is 2. The van der Waals surface area contributed by atoms with Gasteiger partial charge in [-0.15, -0.1) is 0 Å². The minimum absolute atomic E-state index is 0.0579. The fourth-order valence-corrected chi connectivity index (χ4v) is 6.83. The summed E-state index contributed by atoms with van der Waals surface area (Å²) in [7, 11) is 0. The van der Waals surface area contributed by atoms with Gasteiger partial charge in [0.1, 0.15) is 12.6 Å². The van der Waals surface area contributed by atoms with Gasteiger partial charge in [0.25, 0.3) is 0 Å². The Balaban J connectivity index is 1.25. The first-order valence-corrected chi connectivity index (χ1v) is 12.8. The Labute approximate surface area is 198 Å². The Bertz CT molecular complexity index is 984. The molecule has 2 atom stereocenters. The van der Waals surface area contributed by atoms with Crippen molar-refractivity contribution in [3.05, 3.63) is 59.7 Å². The highest BCUT2D eigenvalue weighted by atomic mass is 32.2. The molecule has 0 saturated carbocycles. The van der Waals surface area contributed by atoms with E-state index in [9.17, 15) is 14.7 Å². The number of fused-ring (bicyclic) bond motifs is 3. The van der Waals surface area contributed by atoms with Crippen LogP contribution in [0.2, 0.25) is 0 Å². The van der Waals surface area contributed by atoms with Gasteiger partial charge < -0.3 is 19.9 Å². The molecule has 6 nitrogen and oxygen atoms in total. The lowest BCUT2D eigenvalue weighted by Crippen LogP contribution is -2.52. The van der Waals surface area contributed by atoms with E-state index in [0.717, 1.165) is 46.6 Å². The number of carbonyl (C=O) groups is 2. The number of rotatable bonds is 5. The minimum Gasteiger partial charge on any atom is -0.480 e. The van der Waals surface area contributed by atoms with Crippen molar-refractivity contribution in [2.45, 2.75) is 43.2 Å². The Morgan fingerprint density at radius 1 is 1.09 bits per heavy atom. The predicted molar refractivity (Wildman–Crippen MR) is 128 cm³/mol. The molecule has 2 N–H and O–H groups in total. The number of carbonyl (C=O) groups excluding carboxylic acids is 1. The molecule has 2 fully saturated rings. The lowest BCUT2D eigenvalue weighted by molar-refractivity contribution is -0.146. The second-order valence-electron chi connectivity index (χ2n) is 9.18. The van der Waals surface area contributed by atoms with Crippen LogP contribution in [0.4, 0.5) is 4.79 Å². The average molecular weight is 468 g/mol. The molecule has 3 aliphatic rings. The number of benzene rings is 2. The monoisotopic (exact) mass is 467 g/mol. The fourth-order valence-electron chi connectivity index (χ4n) is 5.59. The summed E-state index contributed by atoms with van der Waals surface area (Å²) < 4.78 is 11.7. The molecule has 7 heteroatoms. The third-order valence-electron chi connectivity index (χ3n) is 7.29. The molecule has 2 saturated heterocycles. The van der Waals surface area contributed by atoms with Gasteiger partial charge in [-0.05, 0) is 65.4 Å². The highest BCUT2D eigenvalue weighted by Crippen LogP contribution is 2.44. The molecule has 2 heterocycles. The Kier molecular flexibility index (Phi) is 6.34. The quantitative estimate of drug-likeness (QED) is 0.665. The lowest BCUT2D eigenvalue weighted by Gasteiger charge is -2.44. The summed E-state index contributed by atoms with van der Waals surface area (Å²) in [5, 5.41) is 12.5. The zero-order valence-corrected chi connectivity index (χ0v) is 19.3. The summed E-state index contributed by atoms with van der Waals surface area (Å²) in [4.78, 5) is 24.8. The molecular formula is C26H29NO5S. The molecule has 33 heavy (non-hydrogen) atoms. The van der Waals surface area contributed by atoms with Crippen LogP contribution < -0.4 is 5.32 Å². The molecule has 174 valence electrons. The zero-order chi connectivity index (χ0) is 22.8.